The van der Waals surface area contributed by atoms with Gasteiger partial charge in [0.15, 0.2) is 0 Å². The molecule has 1 N–H and O–H groups in total. The fourth-order valence-corrected chi connectivity index (χ4v) is 2.85. The van der Waals surface area contributed by atoms with Crippen LogP contribution in [0.1, 0.15) is 24.5 Å². The van der Waals surface area contributed by atoms with Crippen LogP contribution in [0.5, 0.6) is 0 Å². The molecule has 1 unspecified atom stereocenters. The molecule has 1 aliphatic rings. The van der Waals surface area contributed by atoms with Crippen LogP contribution in [0.25, 0.3) is 0 Å². The van der Waals surface area contributed by atoms with Crippen LogP contribution in [0.2, 0.25) is 0 Å². The zero-order valence-electron chi connectivity index (χ0n) is 12.8. The number of aliphatic hydroxyl groups is 1. The molecular formula is C17H23FN2O. The van der Waals surface area contributed by atoms with Gasteiger partial charge in [0.1, 0.15) is 12.4 Å². The second kappa shape index (κ2) is 7.56. The molecule has 0 amide bonds. The van der Waals surface area contributed by atoms with Crippen molar-refractivity contribution in [1.29, 1.82) is 0 Å². The Morgan fingerprint density at radius 2 is 2.14 bits per heavy atom. The average molecular weight is 290 g/mol. The summed E-state index contributed by atoms with van der Waals surface area (Å²) in [5.41, 5.74) is 1.56. The van der Waals surface area contributed by atoms with E-state index in [1.807, 2.05) is 6.07 Å². The van der Waals surface area contributed by atoms with Gasteiger partial charge in [-0.25, -0.2) is 4.39 Å². The number of hydrogen-bond donors (Lipinski definition) is 1. The van der Waals surface area contributed by atoms with Gasteiger partial charge in [0.25, 0.3) is 0 Å². The Morgan fingerprint density at radius 1 is 1.33 bits per heavy atom. The molecule has 4 heteroatoms. The Morgan fingerprint density at radius 3 is 2.90 bits per heavy atom. The van der Waals surface area contributed by atoms with Crippen LogP contribution in [0.15, 0.2) is 18.2 Å². The fraction of sp³-hybridized carbons (Fsp3) is 0.529. The second-order valence-electron chi connectivity index (χ2n) is 5.74. The molecule has 2 rings (SSSR count). The molecule has 0 aromatic heterocycles. The molecule has 0 spiro atoms. The molecule has 1 aromatic carbocycles. The molecule has 0 bridgehead atoms. The van der Waals surface area contributed by atoms with Crippen molar-refractivity contribution >= 4 is 0 Å². The minimum absolute atomic E-state index is 0.207. The summed E-state index contributed by atoms with van der Waals surface area (Å²) in [7, 11) is 2.14. The lowest BCUT2D eigenvalue weighted by Gasteiger charge is -2.28. The summed E-state index contributed by atoms with van der Waals surface area (Å²) in [4.78, 5) is 4.73. The third-order valence-electron chi connectivity index (χ3n) is 3.84. The first kappa shape index (κ1) is 16.0. The zero-order chi connectivity index (χ0) is 15.2. The van der Waals surface area contributed by atoms with Gasteiger partial charge in [-0.15, -0.1) is 0 Å². The molecule has 0 saturated carbocycles. The highest BCUT2D eigenvalue weighted by molar-refractivity contribution is 5.37. The molecule has 1 atom stereocenters. The van der Waals surface area contributed by atoms with Crippen molar-refractivity contribution in [2.24, 2.45) is 0 Å². The summed E-state index contributed by atoms with van der Waals surface area (Å²) < 4.78 is 13.7. The quantitative estimate of drug-likeness (QED) is 0.840. The number of benzene rings is 1. The molecule has 1 fully saturated rings. The molecule has 1 aromatic rings. The van der Waals surface area contributed by atoms with Crippen LogP contribution in [-0.2, 0) is 6.54 Å². The van der Waals surface area contributed by atoms with Crippen LogP contribution in [0, 0.1) is 17.7 Å². The summed E-state index contributed by atoms with van der Waals surface area (Å²) in [6.45, 7) is 5.92. The Labute approximate surface area is 126 Å². The Balaban J connectivity index is 2.12. The second-order valence-corrected chi connectivity index (χ2v) is 5.74. The van der Waals surface area contributed by atoms with E-state index in [9.17, 15) is 4.39 Å². The average Bonchev–Trinajstić information content (AvgIpc) is 2.57. The SMILES string of the molecule is CC1CN(C)CCCN1Cc1cc(F)cc(C#CCO)c1. The van der Waals surface area contributed by atoms with Crippen molar-refractivity contribution in [2.45, 2.75) is 25.9 Å². The van der Waals surface area contributed by atoms with Crippen molar-refractivity contribution < 1.29 is 9.50 Å². The van der Waals surface area contributed by atoms with E-state index in [0.717, 1.165) is 38.2 Å². The number of halogens is 1. The summed E-state index contributed by atoms with van der Waals surface area (Å²) in [5, 5.41) is 8.74. The maximum absolute atomic E-state index is 13.7. The normalized spacial score (nSPS) is 20.7. The number of likely N-dealkylation sites (N-methyl/N-ethyl adjacent to an activating group) is 1. The molecule has 1 aliphatic heterocycles. The van der Waals surface area contributed by atoms with Crippen molar-refractivity contribution in [3.63, 3.8) is 0 Å². The smallest absolute Gasteiger partial charge is 0.124 e. The molecule has 1 heterocycles. The zero-order valence-corrected chi connectivity index (χ0v) is 12.8. The summed E-state index contributed by atoms with van der Waals surface area (Å²) in [5.74, 6) is 5.07. The minimum atomic E-state index is -0.269. The molecule has 3 nitrogen and oxygen atoms in total. The Kier molecular flexibility index (Phi) is 5.75. The standard InChI is InChI=1S/C17H23FN2O/c1-14-12-19(2)6-4-7-20(14)13-16-9-15(5-3-8-21)10-17(18)11-16/h9-11,14,21H,4,6-8,12-13H2,1-2H3. The largest absolute Gasteiger partial charge is 0.384 e. The van der Waals surface area contributed by atoms with Crippen LogP contribution in [0.3, 0.4) is 0 Å². The lowest BCUT2D eigenvalue weighted by molar-refractivity contribution is 0.194. The summed E-state index contributed by atoms with van der Waals surface area (Å²) in [6.07, 6.45) is 1.13. The van der Waals surface area contributed by atoms with E-state index in [4.69, 9.17) is 5.11 Å². The summed E-state index contributed by atoms with van der Waals surface area (Å²) >= 11 is 0. The highest BCUT2D eigenvalue weighted by Gasteiger charge is 2.19. The highest BCUT2D eigenvalue weighted by atomic mass is 19.1. The molecule has 1 saturated heterocycles. The first-order chi connectivity index (χ1) is 10.1. The van der Waals surface area contributed by atoms with Gasteiger partial charge in [-0.3, -0.25) is 4.90 Å². The maximum atomic E-state index is 13.7. The molecule has 114 valence electrons. The third-order valence-corrected chi connectivity index (χ3v) is 3.84. The molecular weight excluding hydrogens is 267 g/mol. The highest BCUT2D eigenvalue weighted by Crippen LogP contribution is 2.15. The van der Waals surface area contributed by atoms with Crippen LogP contribution in [-0.4, -0.2) is 54.2 Å². The van der Waals surface area contributed by atoms with Gasteiger partial charge in [0.2, 0.25) is 0 Å². The van der Waals surface area contributed by atoms with Gasteiger partial charge in [-0.2, -0.15) is 0 Å². The van der Waals surface area contributed by atoms with E-state index in [0.29, 0.717) is 11.6 Å². The van der Waals surface area contributed by atoms with Crippen molar-refractivity contribution in [3.05, 3.63) is 35.1 Å². The van der Waals surface area contributed by atoms with Gasteiger partial charge >= 0.3 is 0 Å². The minimum Gasteiger partial charge on any atom is -0.384 e. The van der Waals surface area contributed by atoms with Crippen LogP contribution in [0.4, 0.5) is 4.39 Å². The van der Waals surface area contributed by atoms with E-state index < -0.39 is 0 Å². The van der Waals surface area contributed by atoms with E-state index in [2.05, 4.69) is 35.6 Å². The van der Waals surface area contributed by atoms with E-state index in [1.54, 1.807) is 6.07 Å². The number of aliphatic hydroxyl groups excluding tert-OH is 1. The third kappa shape index (κ3) is 4.82. The van der Waals surface area contributed by atoms with E-state index in [1.165, 1.54) is 6.07 Å². The predicted molar refractivity (Wildman–Crippen MR) is 82.3 cm³/mol. The Bertz CT molecular complexity index is 535. The molecule has 0 radical (unpaired) electrons. The van der Waals surface area contributed by atoms with Crippen molar-refractivity contribution in [2.75, 3.05) is 33.3 Å². The van der Waals surface area contributed by atoms with Gasteiger partial charge < -0.3 is 10.0 Å². The molecule has 21 heavy (non-hydrogen) atoms. The first-order valence-corrected chi connectivity index (χ1v) is 7.40. The lowest BCUT2D eigenvalue weighted by Crippen LogP contribution is -2.37. The monoisotopic (exact) mass is 290 g/mol. The lowest BCUT2D eigenvalue weighted by atomic mass is 10.1. The first-order valence-electron chi connectivity index (χ1n) is 7.40. The number of hydrogen-bond acceptors (Lipinski definition) is 3. The van der Waals surface area contributed by atoms with Crippen LogP contribution >= 0.6 is 0 Å². The summed E-state index contributed by atoms with van der Waals surface area (Å²) in [6, 6.07) is 5.34. The topological polar surface area (TPSA) is 26.7 Å². The number of nitrogens with zero attached hydrogens (tertiary/aromatic N) is 2. The number of rotatable bonds is 2. The van der Waals surface area contributed by atoms with Gasteiger partial charge in [0, 0.05) is 31.2 Å². The van der Waals surface area contributed by atoms with Crippen LogP contribution < -0.4 is 0 Å². The maximum Gasteiger partial charge on any atom is 0.124 e. The van der Waals surface area contributed by atoms with Gasteiger partial charge in [-0.05, 0) is 50.7 Å². The van der Waals surface area contributed by atoms with E-state index >= 15 is 0 Å². The van der Waals surface area contributed by atoms with Gasteiger partial charge in [-0.1, -0.05) is 11.8 Å². The Hall–Kier alpha value is -1.41. The van der Waals surface area contributed by atoms with E-state index in [-0.39, 0.29) is 12.4 Å². The predicted octanol–water partition coefficient (Wildman–Crippen LogP) is 1.70. The van der Waals surface area contributed by atoms with Crippen molar-refractivity contribution in [3.8, 4) is 11.8 Å². The van der Waals surface area contributed by atoms with Crippen molar-refractivity contribution in [1.82, 2.24) is 9.80 Å². The fourth-order valence-electron chi connectivity index (χ4n) is 2.85. The molecule has 0 aliphatic carbocycles. The van der Waals surface area contributed by atoms with Gasteiger partial charge in [0.05, 0.1) is 0 Å².